The van der Waals surface area contributed by atoms with Crippen LogP contribution in [0.2, 0.25) is 0 Å². The fourth-order valence-electron chi connectivity index (χ4n) is 4.93. The van der Waals surface area contributed by atoms with Gasteiger partial charge >= 0.3 is 0 Å². The van der Waals surface area contributed by atoms with Gasteiger partial charge in [0.15, 0.2) is 5.58 Å². The predicted octanol–water partition coefficient (Wildman–Crippen LogP) is 7.45. The van der Waals surface area contributed by atoms with Crippen molar-refractivity contribution < 1.29 is 31.2 Å². The zero-order chi connectivity index (χ0) is 31.2. The summed E-state index contributed by atoms with van der Waals surface area (Å²) in [6.07, 6.45) is 0. The topological polar surface area (TPSA) is 124 Å². The van der Waals surface area contributed by atoms with Crippen LogP contribution in [-0.4, -0.2) is 39.2 Å². The Hall–Kier alpha value is -4.43. The summed E-state index contributed by atoms with van der Waals surface area (Å²) in [6, 6.07) is 19.8. The molecule has 6 aromatic rings. The van der Waals surface area contributed by atoms with Crippen LogP contribution in [0, 0.1) is 9.39 Å². The van der Waals surface area contributed by atoms with Crippen molar-refractivity contribution in [1.82, 2.24) is 10.3 Å². The number of halogens is 2. The Morgan fingerprint density at radius 2 is 1.73 bits per heavy atom. The van der Waals surface area contributed by atoms with Gasteiger partial charge in [-0.1, -0.05) is 12.1 Å². The van der Waals surface area contributed by atoms with Crippen molar-refractivity contribution in [2.24, 2.45) is 0 Å². The minimum absolute atomic E-state index is 0.164. The number of sulfonamides is 1. The maximum absolute atomic E-state index is 13.7. The number of hydrogen-bond acceptors (Lipinski definition) is 7. The van der Waals surface area contributed by atoms with Gasteiger partial charge in [0.1, 0.15) is 28.4 Å². The van der Waals surface area contributed by atoms with Crippen LogP contribution in [-0.2, 0) is 10.0 Å². The minimum Gasteiger partial charge on any atom is -0.496 e. The summed E-state index contributed by atoms with van der Waals surface area (Å²) in [5.74, 6) is 0.0219. The molecule has 0 saturated carbocycles. The number of hydrogen-bond donors (Lipinski definition) is 2. The predicted molar refractivity (Wildman–Crippen MR) is 176 cm³/mol. The second-order valence-corrected chi connectivity index (χ2v) is 13.0. The fourth-order valence-corrected chi connectivity index (χ4v) is 6.18. The SMILES string of the molecule is CCS(=O)(=O)Nc1cc2oc(-c3ccc(F)cc3)c(C(=O)NC)c2cc1-c1ccc(OC)c(-c2nc3c(I)cccc3o2)c1. The number of rotatable bonds is 8. The largest absolute Gasteiger partial charge is 0.496 e. The molecule has 1 amide bonds. The lowest BCUT2D eigenvalue weighted by molar-refractivity contribution is 0.0964. The second-order valence-electron chi connectivity index (χ2n) is 9.81. The number of carbonyl (C=O) groups is 1. The molecule has 9 nitrogen and oxygen atoms in total. The van der Waals surface area contributed by atoms with Crippen LogP contribution in [0.1, 0.15) is 17.3 Å². The molecule has 0 spiro atoms. The van der Waals surface area contributed by atoms with Gasteiger partial charge in [-0.15, -0.1) is 0 Å². The summed E-state index contributed by atoms with van der Waals surface area (Å²) in [5.41, 5.74) is 4.15. The standard InChI is InChI=1S/C32H25FIN3O6S/c1-4-44(39,40)37-24-16-27-21(28(31(38)35-2)30(42-27)17-8-11-19(33)12-9-17)15-20(24)18-10-13-25(41-3)22(14-18)32-36-29-23(34)6-5-7-26(29)43-32/h5-16,37H,4H2,1-3H3,(H,35,38). The van der Waals surface area contributed by atoms with E-state index in [1.54, 1.807) is 30.3 Å². The quantitative estimate of drug-likeness (QED) is 0.156. The molecule has 12 heteroatoms. The number of methoxy groups -OCH3 is 1. The molecule has 2 heterocycles. The van der Waals surface area contributed by atoms with Gasteiger partial charge in [0.05, 0.1) is 29.7 Å². The van der Waals surface area contributed by atoms with Crippen molar-refractivity contribution in [1.29, 1.82) is 0 Å². The zero-order valence-electron chi connectivity index (χ0n) is 23.7. The molecule has 0 bridgehead atoms. The van der Waals surface area contributed by atoms with Gasteiger partial charge in [0.25, 0.3) is 5.91 Å². The highest BCUT2D eigenvalue weighted by atomic mass is 127. The van der Waals surface area contributed by atoms with Crippen LogP contribution < -0.4 is 14.8 Å². The van der Waals surface area contributed by atoms with Crippen LogP contribution in [0.3, 0.4) is 0 Å². The Kier molecular flexibility index (Phi) is 7.80. The molecule has 2 N–H and O–H groups in total. The van der Waals surface area contributed by atoms with Crippen molar-refractivity contribution in [3.05, 3.63) is 87.7 Å². The molecule has 0 saturated heterocycles. The highest BCUT2D eigenvalue weighted by Gasteiger charge is 2.25. The Morgan fingerprint density at radius 1 is 0.977 bits per heavy atom. The number of ether oxygens (including phenoxy) is 1. The van der Waals surface area contributed by atoms with E-state index >= 15 is 0 Å². The molecule has 44 heavy (non-hydrogen) atoms. The van der Waals surface area contributed by atoms with E-state index in [4.69, 9.17) is 18.6 Å². The molecule has 0 aliphatic heterocycles. The molecule has 0 fully saturated rings. The zero-order valence-corrected chi connectivity index (χ0v) is 26.7. The third-order valence-corrected chi connectivity index (χ3v) is 9.31. The number of nitrogens with one attached hydrogen (secondary N) is 2. The average molecular weight is 726 g/mol. The van der Waals surface area contributed by atoms with Gasteiger partial charge in [0.2, 0.25) is 15.9 Å². The van der Waals surface area contributed by atoms with Crippen molar-refractivity contribution in [2.45, 2.75) is 6.92 Å². The maximum atomic E-state index is 13.7. The number of anilines is 1. The monoisotopic (exact) mass is 725 g/mol. The van der Waals surface area contributed by atoms with Gasteiger partial charge in [0, 0.05) is 33.2 Å². The van der Waals surface area contributed by atoms with Crippen molar-refractivity contribution in [3.8, 4) is 39.7 Å². The van der Waals surface area contributed by atoms with E-state index in [9.17, 15) is 17.6 Å². The first-order valence-electron chi connectivity index (χ1n) is 13.4. The van der Waals surface area contributed by atoms with E-state index in [-0.39, 0.29) is 28.3 Å². The number of para-hydroxylation sites is 1. The van der Waals surface area contributed by atoms with Crippen molar-refractivity contribution >= 4 is 66.3 Å². The number of furan rings is 1. The summed E-state index contributed by atoms with van der Waals surface area (Å²) in [7, 11) is -0.684. The number of carbonyl (C=O) groups excluding carboxylic acids is 1. The summed E-state index contributed by atoms with van der Waals surface area (Å²) in [5, 5.41) is 3.08. The average Bonchev–Trinajstić information content (AvgIpc) is 3.63. The number of fused-ring (bicyclic) bond motifs is 2. The summed E-state index contributed by atoms with van der Waals surface area (Å²) in [6.45, 7) is 1.53. The third-order valence-electron chi connectivity index (χ3n) is 7.14. The van der Waals surface area contributed by atoms with Crippen molar-refractivity contribution in [3.63, 3.8) is 0 Å². The third kappa shape index (κ3) is 5.39. The van der Waals surface area contributed by atoms with Gasteiger partial charge in [-0.25, -0.2) is 17.8 Å². The van der Waals surface area contributed by atoms with Crippen LogP contribution in [0.4, 0.5) is 10.1 Å². The summed E-state index contributed by atoms with van der Waals surface area (Å²) >= 11 is 2.19. The molecule has 224 valence electrons. The lowest BCUT2D eigenvalue weighted by atomic mass is 9.97. The molecular weight excluding hydrogens is 700 g/mol. The highest BCUT2D eigenvalue weighted by Crippen LogP contribution is 2.42. The number of amides is 1. The number of nitrogens with zero attached hydrogens (tertiary/aromatic N) is 1. The summed E-state index contributed by atoms with van der Waals surface area (Å²) in [4.78, 5) is 17.9. The Morgan fingerprint density at radius 3 is 2.41 bits per heavy atom. The van der Waals surface area contributed by atoms with Gasteiger partial charge in [-0.05, 0) is 89.7 Å². The van der Waals surface area contributed by atoms with Crippen molar-refractivity contribution in [2.75, 3.05) is 24.6 Å². The van der Waals surface area contributed by atoms with E-state index in [1.165, 1.54) is 45.3 Å². The molecule has 0 radical (unpaired) electrons. The number of aromatic nitrogens is 1. The second kappa shape index (κ2) is 11.6. The molecule has 4 aromatic carbocycles. The normalized spacial score (nSPS) is 11.7. The van der Waals surface area contributed by atoms with Gasteiger partial charge < -0.3 is 18.9 Å². The van der Waals surface area contributed by atoms with E-state index in [1.807, 2.05) is 18.2 Å². The first-order valence-corrected chi connectivity index (χ1v) is 16.2. The first-order chi connectivity index (χ1) is 21.1. The van der Waals surface area contributed by atoms with E-state index in [0.29, 0.717) is 50.4 Å². The Balaban J connectivity index is 1.61. The summed E-state index contributed by atoms with van der Waals surface area (Å²) < 4.78 is 60.8. The minimum atomic E-state index is -3.72. The molecule has 2 aromatic heterocycles. The fraction of sp³-hybridized carbons (Fsp3) is 0.125. The Bertz CT molecular complexity index is 2170. The smallest absolute Gasteiger partial charge is 0.255 e. The van der Waals surface area contributed by atoms with E-state index < -0.39 is 21.7 Å². The molecule has 0 atom stereocenters. The lowest BCUT2D eigenvalue weighted by Crippen LogP contribution is -2.18. The molecule has 0 aliphatic carbocycles. The molecule has 6 rings (SSSR count). The van der Waals surface area contributed by atoms with E-state index in [0.717, 1.165) is 3.57 Å². The van der Waals surface area contributed by atoms with Crippen LogP contribution in [0.15, 0.2) is 81.6 Å². The maximum Gasteiger partial charge on any atom is 0.255 e. The molecule has 0 aliphatic rings. The molecular formula is C32H25FIN3O6S. The van der Waals surface area contributed by atoms with Gasteiger partial charge in [-0.3, -0.25) is 9.52 Å². The Labute approximate surface area is 265 Å². The van der Waals surface area contributed by atoms with Gasteiger partial charge in [-0.2, -0.15) is 0 Å². The van der Waals surface area contributed by atoms with Crippen LogP contribution in [0.5, 0.6) is 5.75 Å². The number of benzene rings is 4. The highest BCUT2D eigenvalue weighted by molar-refractivity contribution is 14.1. The van der Waals surface area contributed by atoms with Crippen LogP contribution >= 0.6 is 22.6 Å². The molecule has 0 unspecified atom stereocenters. The lowest BCUT2D eigenvalue weighted by Gasteiger charge is -2.14. The van der Waals surface area contributed by atoms with E-state index in [2.05, 4.69) is 32.6 Å². The van der Waals surface area contributed by atoms with Crippen LogP contribution in [0.25, 0.3) is 56.0 Å². The first kappa shape index (κ1) is 29.6. The number of oxazole rings is 1.